The minimum absolute atomic E-state index is 0.506. The van der Waals surface area contributed by atoms with Crippen molar-refractivity contribution in [3.05, 3.63) is 12.3 Å². The molecule has 1 aliphatic rings. The molecule has 1 aromatic heterocycles. The van der Waals surface area contributed by atoms with Crippen LogP contribution in [0.3, 0.4) is 0 Å². The van der Waals surface area contributed by atoms with E-state index < -0.39 is 0 Å². The zero-order valence-corrected chi connectivity index (χ0v) is 7.12. The Labute approximate surface area is 72.2 Å². The molecule has 0 unspecified atom stereocenters. The van der Waals surface area contributed by atoms with Crippen LogP contribution in [0.25, 0.3) is 0 Å². The third-order valence-electron chi connectivity index (χ3n) is 2.54. The average Bonchev–Trinajstić information content (AvgIpc) is 2.48. The molecule has 3 heteroatoms. The van der Waals surface area contributed by atoms with Crippen LogP contribution in [0, 0.1) is 6.39 Å². The lowest BCUT2D eigenvalue weighted by Gasteiger charge is -2.06. The first-order valence-corrected chi connectivity index (χ1v) is 4.66. The van der Waals surface area contributed by atoms with Gasteiger partial charge in [-0.25, -0.2) is 0 Å². The van der Waals surface area contributed by atoms with Crippen LogP contribution in [0.5, 0.6) is 0 Å². The van der Waals surface area contributed by atoms with Gasteiger partial charge in [0.25, 0.3) is 0 Å². The molecule has 0 aromatic carbocycles. The van der Waals surface area contributed by atoms with Gasteiger partial charge in [0, 0.05) is 5.92 Å². The van der Waals surface area contributed by atoms with Crippen molar-refractivity contribution in [3.63, 3.8) is 0 Å². The number of hydrogen-bond donors (Lipinski definition) is 0. The van der Waals surface area contributed by atoms with Crippen LogP contribution in [-0.2, 0) is 0 Å². The summed E-state index contributed by atoms with van der Waals surface area (Å²) in [5, 5.41) is 7.50. The molecule has 1 radical (unpaired) electrons. The molecule has 0 atom stereocenters. The molecule has 65 valence electrons. The van der Waals surface area contributed by atoms with Gasteiger partial charge in [0.2, 0.25) is 5.89 Å². The highest BCUT2D eigenvalue weighted by molar-refractivity contribution is 4.88. The van der Waals surface area contributed by atoms with Crippen molar-refractivity contribution < 1.29 is 4.42 Å². The van der Waals surface area contributed by atoms with E-state index in [0.717, 1.165) is 5.89 Å². The van der Waals surface area contributed by atoms with Gasteiger partial charge in [0.1, 0.15) is 0 Å². The largest absolute Gasteiger partial charge is 0.417 e. The maximum absolute atomic E-state index is 5.08. The summed E-state index contributed by atoms with van der Waals surface area (Å²) in [6.07, 6.45) is 10.1. The van der Waals surface area contributed by atoms with Gasteiger partial charge in [-0.3, -0.25) is 0 Å². The zero-order chi connectivity index (χ0) is 8.23. The van der Waals surface area contributed by atoms with Crippen LogP contribution in [-0.4, -0.2) is 10.2 Å². The highest BCUT2D eigenvalue weighted by atomic mass is 16.4. The highest BCUT2D eigenvalue weighted by Gasteiger charge is 2.18. The minimum atomic E-state index is 0.506. The Balaban J connectivity index is 2.02. The number of rotatable bonds is 1. The van der Waals surface area contributed by atoms with Crippen LogP contribution >= 0.6 is 0 Å². The van der Waals surface area contributed by atoms with Gasteiger partial charge in [0.15, 0.2) is 0 Å². The van der Waals surface area contributed by atoms with Crippen LogP contribution in [0.15, 0.2) is 4.42 Å². The molecule has 2 rings (SSSR count). The van der Waals surface area contributed by atoms with E-state index in [9.17, 15) is 0 Å². The summed E-state index contributed by atoms with van der Waals surface area (Å²) in [4.78, 5) is 0. The van der Waals surface area contributed by atoms with Crippen LogP contribution in [0.2, 0.25) is 0 Å². The lowest BCUT2D eigenvalue weighted by molar-refractivity contribution is 0.415. The SMILES string of the molecule is [c]1nnc(C2CCCCCC2)o1. The molecule has 0 aliphatic heterocycles. The number of nitrogens with zero attached hydrogens (tertiary/aromatic N) is 2. The van der Waals surface area contributed by atoms with Crippen LogP contribution in [0.4, 0.5) is 0 Å². The van der Waals surface area contributed by atoms with Gasteiger partial charge < -0.3 is 4.42 Å². The van der Waals surface area contributed by atoms with Gasteiger partial charge in [-0.05, 0) is 12.8 Å². The van der Waals surface area contributed by atoms with Crippen molar-refractivity contribution in [2.75, 3.05) is 0 Å². The molecular weight excluding hydrogens is 152 g/mol. The molecule has 0 amide bonds. The molecule has 1 aliphatic carbocycles. The van der Waals surface area contributed by atoms with Crippen LogP contribution < -0.4 is 0 Å². The van der Waals surface area contributed by atoms with E-state index >= 15 is 0 Å². The summed E-state index contributed by atoms with van der Waals surface area (Å²) in [5.41, 5.74) is 0. The molecule has 0 N–H and O–H groups in total. The fourth-order valence-electron chi connectivity index (χ4n) is 1.85. The Morgan fingerprint density at radius 1 is 1.17 bits per heavy atom. The second-order valence-corrected chi connectivity index (χ2v) is 3.42. The van der Waals surface area contributed by atoms with Gasteiger partial charge in [-0.1, -0.05) is 25.7 Å². The molecule has 1 heterocycles. The first kappa shape index (κ1) is 7.77. The van der Waals surface area contributed by atoms with Crippen molar-refractivity contribution >= 4 is 0 Å². The quantitative estimate of drug-likeness (QED) is 0.599. The van der Waals surface area contributed by atoms with Gasteiger partial charge in [-0.15, -0.1) is 10.2 Å². The molecule has 1 aromatic rings. The normalized spacial score (nSPS) is 20.7. The summed E-state index contributed by atoms with van der Waals surface area (Å²) in [7, 11) is 0. The van der Waals surface area contributed by atoms with Crippen molar-refractivity contribution in [1.82, 2.24) is 10.2 Å². The molecule has 3 nitrogen and oxygen atoms in total. The van der Waals surface area contributed by atoms with E-state index in [0.29, 0.717) is 5.92 Å². The Morgan fingerprint density at radius 2 is 1.92 bits per heavy atom. The fraction of sp³-hybridized carbons (Fsp3) is 0.778. The van der Waals surface area contributed by atoms with E-state index in [1.807, 2.05) is 0 Å². The van der Waals surface area contributed by atoms with Crippen molar-refractivity contribution in [2.24, 2.45) is 0 Å². The van der Waals surface area contributed by atoms with Crippen LogP contribution in [0.1, 0.15) is 50.3 Å². The first-order chi connectivity index (χ1) is 5.97. The van der Waals surface area contributed by atoms with E-state index in [1.165, 1.54) is 38.5 Å². The standard InChI is InChI=1S/C9H13N2O/c1-2-4-6-8(5-3-1)9-11-10-7-12-9/h8H,1-6H2. The second kappa shape index (κ2) is 3.70. The van der Waals surface area contributed by atoms with Gasteiger partial charge >= 0.3 is 6.39 Å². The van der Waals surface area contributed by atoms with Gasteiger partial charge in [0.05, 0.1) is 0 Å². The highest BCUT2D eigenvalue weighted by Crippen LogP contribution is 2.29. The average molecular weight is 165 g/mol. The van der Waals surface area contributed by atoms with Crippen molar-refractivity contribution in [2.45, 2.75) is 44.4 Å². The Hall–Kier alpha value is -0.860. The maximum Gasteiger partial charge on any atom is 0.305 e. The minimum Gasteiger partial charge on any atom is -0.417 e. The van der Waals surface area contributed by atoms with Crippen molar-refractivity contribution in [3.8, 4) is 0 Å². The zero-order valence-electron chi connectivity index (χ0n) is 7.12. The van der Waals surface area contributed by atoms with E-state index in [1.54, 1.807) is 0 Å². The van der Waals surface area contributed by atoms with Gasteiger partial charge in [-0.2, -0.15) is 0 Å². The summed E-state index contributed by atoms with van der Waals surface area (Å²) in [5.74, 6) is 1.29. The lowest BCUT2D eigenvalue weighted by Crippen LogP contribution is -1.97. The first-order valence-electron chi connectivity index (χ1n) is 4.66. The smallest absolute Gasteiger partial charge is 0.305 e. The summed E-state index contributed by atoms with van der Waals surface area (Å²) in [6, 6.07) is 0. The Bertz CT molecular complexity index is 212. The number of aromatic nitrogens is 2. The Kier molecular flexibility index (Phi) is 2.39. The second-order valence-electron chi connectivity index (χ2n) is 3.42. The summed E-state index contributed by atoms with van der Waals surface area (Å²) < 4.78 is 5.08. The maximum atomic E-state index is 5.08. The number of hydrogen-bond acceptors (Lipinski definition) is 3. The molecular formula is C9H13N2O. The van der Waals surface area contributed by atoms with E-state index in [2.05, 4.69) is 16.6 Å². The third-order valence-corrected chi connectivity index (χ3v) is 2.54. The predicted molar refractivity (Wildman–Crippen MR) is 43.6 cm³/mol. The van der Waals surface area contributed by atoms with E-state index in [4.69, 9.17) is 4.42 Å². The third kappa shape index (κ3) is 1.65. The molecule has 1 fully saturated rings. The molecule has 12 heavy (non-hydrogen) atoms. The lowest BCUT2D eigenvalue weighted by atomic mass is 10.0. The molecule has 1 saturated carbocycles. The topological polar surface area (TPSA) is 38.9 Å². The molecule has 0 saturated heterocycles. The van der Waals surface area contributed by atoms with Crippen molar-refractivity contribution in [1.29, 1.82) is 0 Å². The summed E-state index contributed by atoms with van der Waals surface area (Å²) in [6.45, 7) is 0. The fourth-order valence-corrected chi connectivity index (χ4v) is 1.85. The summed E-state index contributed by atoms with van der Waals surface area (Å²) >= 11 is 0. The van der Waals surface area contributed by atoms with E-state index in [-0.39, 0.29) is 0 Å². The Morgan fingerprint density at radius 3 is 2.50 bits per heavy atom. The predicted octanol–water partition coefficient (Wildman–Crippen LogP) is 2.31. The molecule has 0 spiro atoms. The molecule has 0 bridgehead atoms. The monoisotopic (exact) mass is 165 g/mol.